The molecule has 0 saturated carbocycles. The third-order valence-electron chi connectivity index (χ3n) is 2.65. The number of hydrogen-bond donors (Lipinski definition) is 0. The van der Waals surface area contributed by atoms with Gasteiger partial charge in [-0.05, 0) is 20.3 Å². The average molecular weight is 167 g/mol. The predicted octanol–water partition coefficient (Wildman–Crippen LogP) is 2.22. The van der Waals surface area contributed by atoms with Gasteiger partial charge in [0.15, 0.2) is 0 Å². The van der Waals surface area contributed by atoms with Crippen molar-refractivity contribution in [3.05, 3.63) is 0 Å². The van der Waals surface area contributed by atoms with Crippen LogP contribution in [-0.4, -0.2) is 17.0 Å². The van der Waals surface area contributed by atoms with E-state index in [1.807, 2.05) is 20.8 Å². The molecule has 0 N–H and O–H groups in total. The molecule has 1 atom stereocenters. The molecule has 0 aliphatic carbocycles. The summed E-state index contributed by atoms with van der Waals surface area (Å²) in [5, 5.41) is 0. The Morgan fingerprint density at radius 2 is 2.08 bits per heavy atom. The second-order valence-electron chi connectivity index (χ2n) is 4.09. The van der Waals surface area contributed by atoms with Crippen LogP contribution in [0, 0.1) is 5.92 Å². The summed E-state index contributed by atoms with van der Waals surface area (Å²) in [7, 11) is 0. The second-order valence-corrected chi connectivity index (χ2v) is 4.09. The van der Waals surface area contributed by atoms with Gasteiger partial charge in [-0.1, -0.05) is 13.8 Å². The van der Waals surface area contributed by atoms with E-state index in [4.69, 9.17) is 0 Å². The van der Waals surface area contributed by atoms with E-state index < -0.39 is 0 Å². The summed E-state index contributed by atoms with van der Waals surface area (Å²) in [6, 6.07) is 0. The number of carbonyl (C=O) groups excluding carboxylic acids is 1. The lowest BCUT2D eigenvalue weighted by molar-refractivity contribution is -0.122. The van der Waals surface area contributed by atoms with E-state index in [2.05, 4.69) is 11.9 Å². The Balaban J connectivity index is 2.24. The van der Waals surface area contributed by atoms with Crippen molar-refractivity contribution in [2.24, 2.45) is 10.9 Å². The summed E-state index contributed by atoms with van der Waals surface area (Å²) in [6.07, 6.45) is 1.57. The molecule has 1 rings (SSSR count). The van der Waals surface area contributed by atoms with Gasteiger partial charge in [-0.25, -0.2) is 0 Å². The van der Waals surface area contributed by atoms with Crippen molar-refractivity contribution in [1.29, 1.82) is 0 Å². The highest BCUT2D eigenvalue weighted by Gasteiger charge is 2.38. The zero-order chi connectivity index (χ0) is 9.35. The Morgan fingerprint density at radius 1 is 1.58 bits per heavy atom. The minimum absolute atomic E-state index is 0.0462. The summed E-state index contributed by atoms with van der Waals surface area (Å²) in [5.41, 5.74) is 1.24. The van der Waals surface area contributed by atoms with Crippen LogP contribution in [0.3, 0.4) is 0 Å². The first-order valence-corrected chi connectivity index (χ1v) is 4.55. The third kappa shape index (κ3) is 1.93. The average Bonchev–Trinajstić information content (AvgIpc) is 2.56. The van der Waals surface area contributed by atoms with Crippen molar-refractivity contribution < 1.29 is 4.79 Å². The molecule has 1 aliphatic heterocycles. The second kappa shape index (κ2) is 3.00. The fraction of sp³-hybridized carbons (Fsp3) is 0.800. The van der Waals surface area contributed by atoms with Crippen LogP contribution in [0.25, 0.3) is 0 Å². The van der Waals surface area contributed by atoms with E-state index in [0.29, 0.717) is 12.2 Å². The van der Waals surface area contributed by atoms with Crippen LogP contribution >= 0.6 is 0 Å². The molecule has 0 spiro atoms. The Bertz CT molecular complexity index is 230. The largest absolute Gasteiger partial charge is 0.299 e. The smallest absolute Gasteiger partial charge is 0.135 e. The summed E-state index contributed by atoms with van der Waals surface area (Å²) in [5.74, 6) is 0.527. The molecule has 0 amide bonds. The lowest BCUT2D eigenvalue weighted by Crippen LogP contribution is -2.16. The summed E-state index contributed by atoms with van der Waals surface area (Å²) < 4.78 is 0. The van der Waals surface area contributed by atoms with Crippen LogP contribution in [0.5, 0.6) is 0 Å². The molecule has 0 fully saturated rings. The van der Waals surface area contributed by atoms with Crippen LogP contribution in [0.1, 0.15) is 40.5 Å². The van der Waals surface area contributed by atoms with Crippen molar-refractivity contribution in [3.8, 4) is 0 Å². The van der Waals surface area contributed by atoms with Crippen LogP contribution in [0.2, 0.25) is 0 Å². The number of ketones is 1. The minimum atomic E-state index is 0.0462. The van der Waals surface area contributed by atoms with Crippen molar-refractivity contribution >= 4 is 11.5 Å². The van der Waals surface area contributed by atoms with Crippen LogP contribution in [0.4, 0.5) is 0 Å². The van der Waals surface area contributed by atoms with Crippen molar-refractivity contribution in [2.45, 2.75) is 46.1 Å². The first-order valence-electron chi connectivity index (χ1n) is 4.55. The Hall–Kier alpha value is -0.660. The monoisotopic (exact) mass is 167 g/mol. The van der Waals surface area contributed by atoms with E-state index in [-0.39, 0.29) is 11.5 Å². The molecule has 12 heavy (non-hydrogen) atoms. The van der Waals surface area contributed by atoms with Gasteiger partial charge in [0, 0.05) is 18.1 Å². The lowest BCUT2D eigenvalue weighted by atomic mass is 9.95. The molecule has 2 nitrogen and oxygen atoms in total. The first-order chi connectivity index (χ1) is 5.46. The zero-order valence-corrected chi connectivity index (χ0v) is 8.35. The summed E-state index contributed by atoms with van der Waals surface area (Å²) >= 11 is 0. The van der Waals surface area contributed by atoms with Crippen LogP contribution < -0.4 is 0 Å². The third-order valence-corrected chi connectivity index (χ3v) is 2.65. The molecular formula is C10H17NO. The van der Waals surface area contributed by atoms with Gasteiger partial charge in [-0.2, -0.15) is 0 Å². The molecular weight excluding hydrogens is 150 g/mol. The quantitative estimate of drug-likeness (QED) is 0.631. The maximum absolute atomic E-state index is 11.3. The molecule has 0 saturated heterocycles. The van der Waals surface area contributed by atoms with Gasteiger partial charge >= 0.3 is 0 Å². The van der Waals surface area contributed by atoms with Crippen molar-refractivity contribution in [3.63, 3.8) is 0 Å². The number of carbonyl (C=O) groups is 1. The minimum Gasteiger partial charge on any atom is -0.299 e. The van der Waals surface area contributed by atoms with Gasteiger partial charge in [-0.3, -0.25) is 9.79 Å². The predicted molar refractivity (Wildman–Crippen MR) is 50.6 cm³/mol. The van der Waals surface area contributed by atoms with Crippen LogP contribution in [-0.2, 0) is 4.79 Å². The normalized spacial score (nSPS) is 27.2. The molecule has 0 aromatic heterocycles. The molecule has 1 unspecified atom stereocenters. The van der Waals surface area contributed by atoms with Gasteiger partial charge in [0.1, 0.15) is 5.78 Å². The van der Waals surface area contributed by atoms with E-state index in [1.54, 1.807) is 0 Å². The molecule has 0 aromatic carbocycles. The highest BCUT2D eigenvalue weighted by atomic mass is 16.1. The zero-order valence-electron chi connectivity index (χ0n) is 8.35. The van der Waals surface area contributed by atoms with Crippen LogP contribution in [0.15, 0.2) is 4.99 Å². The van der Waals surface area contributed by atoms with E-state index in [9.17, 15) is 4.79 Å². The molecule has 1 heterocycles. The summed E-state index contributed by atoms with van der Waals surface area (Å²) in [6.45, 7) is 8.02. The van der Waals surface area contributed by atoms with Gasteiger partial charge < -0.3 is 0 Å². The van der Waals surface area contributed by atoms with E-state index in [0.717, 1.165) is 6.42 Å². The number of nitrogens with zero attached hydrogens (tertiary/aromatic N) is 1. The molecule has 0 radical (unpaired) electrons. The number of hydrogen-bond acceptors (Lipinski definition) is 2. The van der Waals surface area contributed by atoms with E-state index >= 15 is 0 Å². The van der Waals surface area contributed by atoms with Gasteiger partial charge in [-0.15, -0.1) is 0 Å². The first kappa shape index (κ1) is 9.43. The number of aliphatic imine (C=N–C) groups is 1. The summed E-state index contributed by atoms with van der Waals surface area (Å²) in [4.78, 5) is 15.6. The van der Waals surface area contributed by atoms with Crippen molar-refractivity contribution in [2.75, 3.05) is 0 Å². The fourth-order valence-electron chi connectivity index (χ4n) is 1.23. The molecule has 68 valence electrons. The number of Topliss-reactive ketones (excluding diaryl/α,β-unsaturated/α-hetero) is 1. The SMILES string of the molecule is CC1=NC1(C)CCC(=O)C(C)C. The van der Waals surface area contributed by atoms with Gasteiger partial charge in [0.2, 0.25) is 0 Å². The van der Waals surface area contributed by atoms with Gasteiger partial charge in [0.25, 0.3) is 0 Å². The standard InChI is InChI=1S/C10H17NO/c1-7(2)9(12)5-6-10(4)8(3)11-10/h7H,5-6H2,1-4H3. The molecule has 2 heteroatoms. The number of rotatable bonds is 4. The Labute approximate surface area is 74.1 Å². The fourth-order valence-corrected chi connectivity index (χ4v) is 1.23. The highest BCUT2D eigenvalue weighted by Crippen LogP contribution is 2.32. The molecule has 1 aliphatic rings. The van der Waals surface area contributed by atoms with Crippen molar-refractivity contribution in [1.82, 2.24) is 0 Å². The van der Waals surface area contributed by atoms with Gasteiger partial charge in [0.05, 0.1) is 5.54 Å². The van der Waals surface area contributed by atoms with E-state index in [1.165, 1.54) is 5.71 Å². The molecule has 0 aromatic rings. The Morgan fingerprint density at radius 3 is 2.42 bits per heavy atom. The maximum Gasteiger partial charge on any atom is 0.135 e. The Kier molecular flexibility index (Phi) is 2.36. The topological polar surface area (TPSA) is 29.4 Å². The highest BCUT2D eigenvalue weighted by molar-refractivity contribution is 6.03. The molecule has 0 bridgehead atoms. The lowest BCUT2D eigenvalue weighted by Gasteiger charge is -2.08. The maximum atomic E-state index is 11.3.